The highest BCUT2D eigenvalue weighted by atomic mass is 127. The lowest BCUT2D eigenvalue weighted by Gasteiger charge is -2.13. The van der Waals surface area contributed by atoms with E-state index in [1.807, 2.05) is 48.5 Å². The molecular weight excluding hydrogens is 523 g/mol. The molecule has 0 aliphatic carbocycles. The lowest BCUT2D eigenvalue weighted by Crippen LogP contribution is -2.36. The van der Waals surface area contributed by atoms with Gasteiger partial charge in [-0.15, -0.1) is 24.0 Å². The molecular formula is C20H28ClIN4O2S. The summed E-state index contributed by atoms with van der Waals surface area (Å²) in [6.45, 7) is 4.80. The Morgan fingerprint density at radius 2 is 1.59 bits per heavy atom. The zero-order valence-corrected chi connectivity index (χ0v) is 20.7. The highest BCUT2D eigenvalue weighted by molar-refractivity contribution is 14.0. The first-order valence-corrected chi connectivity index (χ1v) is 11.1. The summed E-state index contributed by atoms with van der Waals surface area (Å²) in [6, 6.07) is 15.0. The summed E-state index contributed by atoms with van der Waals surface area (Å²) >= 11 is 6.00. The van der Waals surface area contributed by atoms with Crippen LogP contribution in [0.25, 0.3) is 0 Å². The lowest BCUT2D eigenvalue weighted by atomic mass is 10.1. The molecule has 6 nitrogen and oxygen atoms in total. The number of aliphatic imine (C=N–C) groups is 1. The van der Waals surface area contributed by atoms with E-state index in [-0.39, 0.29) is 35.8 Å². The largest absolute Gasteiger partial charge is 0.352 e. The first kappa shape index (κ1) is 25.7. The fourth-order valence-corrected chi connectivity index (χ4v) is 4.26. The topological polar surface area (TPSA) is 82.6 Å². The Bertz CT molecular complexity index is 903. The first-order chi connectivity index (χ1) is 13.3. The second-order valence-corrected chi connectivity index (χ2v) is 8.95. The summed E-state index contributed by atoms with van der Waals surface area (Å²) in [5, 5.41) is 7.18. The second-order valence-electron chi connectivity index (χ2n) is 6.76. The Morgan fingerprint density at radius 1 is 1.00 bits per heavy atom. The third-order valence-corrected chi connectivity index (χ3v) is 5.61. The molecule has 160 valence electrons. The number of benzene rings is 2. The van der Waals surface area contributed by atoms with Crippen LogP contribution in [0.15, 0.2) is 53.5 Å². The molecule has 0 amide bonds. The van der Waals surface area contributed by atoms with Gasteiger partial charge in [-0.1, -0.05) is 48.0 Å². The maximum Gasteiger partial charge on any atom is 0.216 e. The highest BCUT2D eigenvalue weighted by Crippen LogP contribution is 2.10. The Morgan fingerprint density at radius 3 is 2.14 bits per heavy atom. The summed E-state index contributed by atoms with van der Waals surface area (Å²) < 4.78 is 26.6. The van der Waals surface area contributed by atoms with E-state index in [0.717, 1.165) is 16.7 Å². The molecule has 2 aromatic rings. The van der Waals surface area contributed by atoms with Crippen LogP contribution in [0.5, 0.6) is 0 Å². The standard InChI is InChI=1S/C20H27ClN4O2S.HI/c1-15(2)25-28(26,27)14-17-9-7-16(8-10-17)12-23-20(22-3)24-13-18-5-4-6-19(21)11-18;/h4-11,15,25H,12-14H2,1-3H3,(H2,22,23,24);1H. The van der Waals surface area contributed by atoms with Crippen LogP contribution >= 0.6 is 35.6 Å². The van der Waals surface area contributed by atoms with Gasteiger partial charge in [-0.25, -0.2) is 13.1 Å². The Hall–Kier alpha value is -1.36. The molecule has 0 fully saturated rings. The first-order valence-electron chi connectivity index (χ1n) is 9.04. The molecule has 0 aliphatic rings. The van der Waals surface area contributed by atoms with Crippen LogP contribution in [0.3, 0.4) is 0 Å². The van der Waals surface area contributed by atoms with Gasteiger partial charge in [0.15, 0.2) is 5.96 Å². The maximum atomic E-state index is 12.0. The Kier molecular flexibility index (Phi) is 10.9. The predicted molar refractivity (Wildman–Crippen MR) is 131 cm³/mol. The number of halogens is 2. The molecule has 0 bridgehead atoms. The van der Waals surface area contributed by atoms with Crippen molar-refractivity contribution in [2.24, 2.45) is 4.99 Å². The summed E-state index contributed by atoms with van der Waals surface area (Å²) in [7, 11) is -1.61. The summed E-state index contributed by atoms with van der Waals surface area (Å²) in [5.74, 6) is 0.648. The number of sulfonamides is 1. The SMILES string of the molecule is CN=C(NCc1ccc(CS(=O)(=O)NC(C)C)cc1)NCc1cccc(Cl)c1.I. The second kappa shape index (κ2) is 12.4. The van der Waals surface area contributed by atoms with Crippen molar-refractivity contribution in [3.05, 3.63) is 70.2 Å². The molecule has 0 heterocycles. The number of nitrogens with one attached hydrogen (secondary N) is 3. The van der Waals surface area contributed by atoms with Gasteiger partial charge < -0.3 is 10.6 Å². The van der Waals surface area contributed by atoms with Crippen molar-refractivity contribution in [2.75, 3.05) is 7.05 Å². The third-order valence-electron chi connectivity index (χ3n) is 3.83. The minimum Gasteiger partial charge on any atom is -0.352 e. The molecule has 0 aliphatic heterocycles. The molecule has 2 rings (SSSR count). The van der Waals surface area contributed by atoms with Gasteiger partial charge in [0.2, 0.25) is 10.0 Å². The van der Waals surface area contributed by atoms with Crippen LogP contribution in [0.4, 0.5) is 0 Å². The fourth-order valence-electron chi connectivity index (χ4n) is 2.61. The molecule has 0 aromatic heterocycles. The molecule has 29 heavy (non-hydrogen) atoms. The highest BCUT2D eigenvalue weighted by Gasteiger charge is 2.12. The number of guanidine groups is 1. The molecule has 0 atom stereocenters. The van der Waals surface area contributed by atoms with Gasteiger partial charge >= 0.3 is 0 Å². The number of hydrogen-bond donors (Lipinski definition) is 3. The summed E-state index contributed by atoms with van der Waals surface area (Å²) in [5.41, 5.74) is 2.85. The number of rotatable bonds is 8. The molecule has 0 saturated carbocycles. The van der Waals surface area contributed by atoms with Crippen molar-refractivity contribution in [3.8, 4) is 0 Å². The minimum absolute atomic E-state index is 0. The van der Waals surface area contributed by atoms with E-state index in [4.69, 9.17) is 11.6 Å². The van der Waals surface area contributed by atoms with E-state index in [0.29, 0.717) is 24.1 Å². The van der Waals surface area contributed by atoms with Gasteiger partial charge in [0, 0.05) is 31.2 Å². The monoisotopic (exact) mass is 550 g/mol. The van der Waals surface area contributed by atoms with E-state index >= 15 is 0 Å². The van der Waals surface area contributed by atoms with Crippen LogP contribution in [0.2, 0.25) is 5.02 Å². The van der Waals surface area contributed by atoms with E-state index in [9.17, 15) is 8.42 Å². The van der Waals surface area contributed by atoms with Crippen LogP contribution in [-0.4, -0.2) is 27.5 Å². The smallest absolute Gasteiger partial charge is 0.216 e. The van der Waals surface area contributed by atoms with E-state index in [2.05, 4.69) is 20.3 Å². The molecule has 0 radical (unpaired) electrons. The number of nitrogens with zero attached hydrogens (tertiary/aromatic N) is 1. The average molecular weight is 551 g/mol. The van der Waals surface area contributed by atoms with Gasteiger partial charge in [0.1, 0.15) is 0 Å². The van der Waals surface area contributed by atoms with Crippen molar-refractivity contribution in [3.63, 3.8) is 0 Å². The van der Waals surface area contributed by atoms with Crippen molar-refractivity contribution in [2.45, 2.75) is 38.7 Å². The predicted octanol–water partition coefficient (Wildman–Crippen LogP) is 3.65. The van der Waals surface area contributed by atoms with E-state index in [1.165, 1.54) is 0 Å². The maximum absolute atomic E-state index is 12.0. The zero-order valence-electron chi connectivity index (χ0n) is 16.8. The molecule has 2 aromatic carbocycles. The summed E-state index contributed by atoms with van der Waals surface area (Å²) in [6.07, 6.45) is 0. The lowest BCUT2D eigenvalue weighted by molar-refractivity contribution is 0.569. The normalized spacial score (nSPS) is 11.8. The zero-order chi connectivity index (χ0) is 20.6. The van der Waals surface area contributed by atoms with Gasteiger partial charge in [-0.2, -0.15) is 0 Å². The fraction of sp³-hybridized carbons (Fsp3) is 0.350. The van der Waals surface area contributed by atoms with Crippen LogP contribution < -0.4 is 15.4 Å². The van der Waals surface area contributed by atoms with Crippen molar-refractivity contribution in [1.29, 1.82) is 0 Å². The van der Waals surface area contributed by atoms with Crippen molar-refractivity contribution in [1.82, 2.24) is 15.4 Å². The minimum atomic E-state index is -3.32. The molecule has 3 N–H and O–H groups in total. The average Bonchev–Trinajstić information content (AvgIpc) is 2.62. The van der Waals surface area contributed by atoms with Crippen molar-refractivity contribution < 1.29 is 8.42 Å². The van der Waals surface area contributed by atoms with Gasteiger partial charge in [-0.05, 0) is 42.7 Å². The Balaban J connectivity index is 0.00000420. The summed E-state index contributed by atoms with van der Waals surface area (Å²) in [4.78, 5) is 4.21. The number of hydrogen-bond acceptors (Lipinski definition) is 3. The van der Waals surface area contributed by atoms with Crippen LogP contribution in [0.1, 0.15) is 30.5 Å². The molecule has 0 unspecified atom stereocenters. The van der Waals surface area contributed by atoms with E-state index in [1.54, 1.807) is 20.9 Å². The molecule has 0 saturated heterocycles. The third kappa shape index (κ3) is 9.79. The van der Waals surface area contributed by atoms with Gasteiger partial charge in [-0.3, -0.25) is 4.99 Å². The van der Waals surface area contributed by atoms with Crippen LogP contribution in [-0.2, 0) is 28.9 Å². The van der Waals surface area contributed by atoms with Crippen LogP contribution in [0, 0.1) is 0 Å². The van der Waals surface area contributed by atoms with Gasteiger partial charge in [0.25, 0.3) is 0 Å². The van der Waals surface area contributed by atoms with Gasteiger partial charge in [0.05, 0.1) is 5.75 Å². The van der Waals surface area contributed by atoms with Crippen molar-refractivity contribution >= 4 is 51.6 Å². The van der Waals surface area contributed by atoms with E-state index < -0.39 is 10.0 Å². The quantitative estimate of drug-likeness (QED) is 0.266. The molecule has 9 heteroatoms. The Labute approximate surface area is 195 Å². The molecule has 0 spiro atoms.